The average molecular weight is 230 g/mol. The van der Waals surface area contributed by atoms with Gasteiger partial charge in [0.25, 0.3) is 0 Å². The van der Waals surface area contributed by atoms with Crippen molar-refractivity contribution < 1.29 is 9.53 Å². The van der Waals surface area contributed by atoms with Gasteiger partial charge in [0.15, 0.2) is 0 Å². The Morgan fingerprint density at radius 2 is 2.06 bits per heavy atom. The second-order valence-electron chi connectivity index (χ2n) is 3.67. The molecule has 17 heavy (non-hydrogen) atoms. The molecule has 0 saturated carbocycles. The van der Waals surface area contributed by atoms with Crippen molar-refractivity contribution in [2.45, 2.75) is 20.3 Å². The first-order valence-electron chi connectivity index (χ1n) is 5.66. The highest BCUT2D eigenvalue weighted by atomic mass is 16.5. The third-order valence-electron chi connectivity index (χ3n) is 2.50. The van der Waals surface area contributed by atoms with Gasteiger partial charge in [-0.1, -0.05) is 6.92 Å². The molecule has 88 valence electrons. The fraction of sp³-hybridized carbons (Fsp3) is 0.308. The summed E-state index contributed by atoms with van der Waals surface area (Å²) in [6.07, 6.45) is 4.15. The number of aromatic nitrogens is 2. The number of carbonyl (C=O) groups excluding carboxylic acids is 1. The highest BCUT2D eigenvalue weighted by Crippen LogP contribution is 2.14. The summed E-state index contributed by atoms with van der Waals surface area (Å²) in [6, 6.07) is 3.69. The van der Waals surface area contributed by atoms with Gasteiger partial charge in [-0.3, -0.25) is 9.97 Å². The molecule has 0 aliphatic heterocycles. The molecule has 0 N–H and O–H groups in total. The van der Waals surface area contributed by atoms with Gasteiger partial charge in [-0.15, -0.1) is 0 Å². The van der Waals surface area contributed by atoms with Crippen molar-refractivity contribution in [2.75, 3.05) is 6.61 Å². The molecule has 0 radical (unpaired) electrons. The highest BCUT2D eigenvalue weighted by Gasteiger charge is 2.08. The molecule has 0 aliphatic carbocycles. The van der Waals surface area contributed by atoms with Crippen molar-refractivity contribution in [3.05, 3.63) is 35.8 Å². The highest BCUT2D eigenvalue weighted by molar-refractivity contribution is 5.93. The van der Waals surface area contributed by atoms with Crippen LogP contribution in [0.2, 0.25) is 0 Å². The van der Waals surface area contributed by atoms with Crippen molar-refractivity contribution in [1.29, 1.82) is 0 Å². The van der Waals surface area contributed by atoms with E-state index in [1.807, 2.05) is 13.0 Å². The number of pyridine rings is 2. The molecule has 2 heterocycles. The summed E-state index contributed by atoms with van der Waals surface area (Å²) in [7, 11) is 0. The lowest BCUT2D eigenvalue weighted by atomic mass is 10.2. The SMILES string of the molecule is CCOC(=O)c1cnc2cc(CC)ncc2c1. The van der Waals surface area contributed by atoms with Gasteiger partial charge in [-0.05, 0) is 25.5 Å². The van der Waals surface area contributed by atoms with Crippen LogP contribution >= 0.6 is 0 Å². The molecule has 0 unspecified atom stereocenters. The molecule has 2 aromatic heterocycles. The number of hydrogen-bond acceptors (Lipinski definition) is 4. The lowest BCUT2D eigenvalue weighted by Crippen LogP contribution is -2.05. The van der Waals surface area contributed by atoms with Crippen LogP contribution in [0.25, 0.3) is 10.9 Å². The van der Waals surface area contributed by atoms with Gasteiger partial charge in [-0.25, -0.2) is 4.79 Å². The summed E-state index contributed by atoms with van der Waals surface area (Å²) >= 11 is 0. The molecule has 0 saturated heterocycles. The molecule has 0 fully saturated rings. The molecule has 4 nitrogen and oxygen atoms in total. The Hall–Kier alpha value is -1.97. The maximum atomic E-state index is 11.5. The number of hydrogen-bond donors (Lipinski definition) is 0. The normalized spacial score (nSPS) is 10.5. The fourth-order valence-electron chi connectivity index (χ4n) is 1.58. The molecule has 0 bridgehead atoms. The molecule has 0 atom stereocenters. The van der Waals surface area contributed by atoms with E-state index in [2.05, 4.69) is 9.97 Å². The number of fused-ring (bicyclic) bond motifs is 1. The zero-order chi connectivity index (χ0) is 12.3. The summed E-state index contributed by atoms with van der Waals surface area (Å²) in [4.78, 5) is 20.1. The third kappa shape index (κ3) is 2.41. The molecule has 0 amide bonds. The van der Waals surface area contributed by atoms with E-state index >= 15 is 0 Å². The van der Waals surface area contributed by atoms with Crippen LogP contribution in [0.15, 0.2) is 24.5 Å². The van der Waals surface area contributed by atoms with E-state index in [-0.39, 0.29) is 5.97 Å². The van der Waals surface area contributed by atoms with Gasteiger partial charge in [0.2, 0.25) is 0 Å². The first-order valence-corrected chi connectivity index (χ1v) is 5.66. The zero-order valence-corrected chi connectivity index (χ0v) is 9.93. The Kier molecular flexibility index (Phi) is 3.32. The lowest BCUT2D eigenvalue weighted by Gasteiger charge is -2.03. The van der Waals surface area contributed by atoms with E-state index < -0.39 is 0 Å². The van der Waals surface area contributed by atoms with Crippen molar-refractivity contribution in [3.8, 4) is 0 Å². The van der Waals surface area contributed by atoms with Crippen molar-refractivity contribution in [2.24, 2.45) is 0 Å². The standard InChI is InChI=1S/C13H14N2O2/c1-3-11-6-12-9(7-14-11)5-10(8-15-12)13(16)17-4-2/h5-8H,3-4H2,1-2H3. The van der Waals surface area contributed by atoms with E-state index in [1.54, 1.807) is 25.4 Å². The van der Waals surface area contributed by atoms with Crippen LogP contribution in [0.4, 0.5) is 0 Å². The van der Waals surface area contributed by atoms with Crippen molar-refractivity contribution in [1.82, 2.24) is 9.97 Å². The molecule has 0 spiro atoms. The van der Waals surface area contributed by atoms with E-state index in [4.69, 9.17) is 4.74 Å². The van der Waals surface area contributed by atoms with Gasteiger partial charge in [0, 0.05) is 23.5 Å². The van der Waals surface area contributed by atoms with E-state index in [9.17, 15) is 4.79 Å². The third-order valence-corrected chi connectivity index (χ3v) is 2.50. The molecule has 0 aromatic carbocycles. The Labute approximate surface area is 99.7 Å². The maximum Gasteiger partial charge on any atom is 0.339 e. The number of ether oxygens (including phenoxy) is 1. The van der Waals surface area contributed by atoms with Gasteiger partial charge in [-0.2, -0.15) is 0 Å². The summed E-state index contributed by atoms with van der Waals surface area (Å²) in [6.45, 7) is 4.19. The van der Waals surface area contributed by atoms with Crippen LogP contribution in [-0.4, -0.2) is 22.5 Å². The minimum Gasteiger partial charge on any atom is -0.462 e. The summed E-state index contributed by atoms with van der Waals surface area (Å²) in [5, 5.41) is 0.854. The summed E-state index contributed by atoms with van der Waals surface area (Å²) in [5.74, 6) is -0.346. The van der Waals surface area contributed by atoms with E-state index in [0.29, 0.717) is 12.2 Å². The number of aryl methyl sites for hydroxylation is 1. The van der Waals surface area contributed by atoms with Crippen LogP contribution in [0.1, 0.15) is 29.9 Å². The molecule has 0 aliphatic rings. The zero-order valence-electron chi connectivity index (χ0n) is 9.93. The minimum atomic E-state index is -0.346. The Balaban J connectivity index is 2.41. The first-order chi connectivity index (χ1) is 8.24. The molecular formula is C13H14N2O2. The second kappa shape index (κ2) is 4.91. The smallest absolute Gasteiger partial charge is 0.339 e. The minimum absolute atomic E-state index is 0.346. The average Bonchev–Trinajstić information content (AvgIpc) is 2.37. The van der Waals surface area contributed by atoms with Crippen LogP contribution in [-0.2, 0) is 11.2 Å². The van der Waals surface area contributed by atoms with Gasteiger partial charge in [0.1, 0.15) is 0 Å². The predicted molar refractivity (Wildman–Crippen MR) is 64.9 cm³/mol. The predicted octanol–water partition coefficient (Wildman–Crippen LogP) is 2.37. The van der Waals surface area contributed by atoms with Crippen molar-refractivity contribution in [3.63, 3.8) is 0 Å². The summed E-state index contributed by atoms with van der Waals surface area (Å²) in [5.41, 5.74) is 2.31. The number of nitrogens with zero attached hydrogens (tertiary/aromatic N) is 2. The summed E-state index contributed by atoms with van der Waals surface area (Å²) < 4.78 is 4.92. The molecule has 2 rings (SSSR count). The number of rotatable bonds is 3. The molecule has 4 heteroatoms. The van der Waals surface area contributed by atoms with Gasteiger partial charge in [0.05, 0.1) is 17.7 Å². The monoisotopic (exact) mass is 230 g/mol. The lowest BCUT2D eigenvalue weighted by molar-refractivity contribution is 0.0526. The first kappa shape index (κ1) is 11.5. The quantitative estimate of drug-likeness (QED) is 0.759. The van der Waals surface area contributed by atoms with E-state index in [1.165, 1.54) is 0 Å². The molecule has 2 aromatic rings. The van der Waals surface area contributed by atoms with Crippen LogP contribution < -0.4 is 0 Å². The van der Waals surface area contributed by atoms with Crippen LogP contribution in [0.3, 0.4) is 0 Å². The molecular weight excluding hydrogens is 216 g/mol. The van der Waals surface area contributed by atoms with Crippen LogP contribution in [0, 0.1) is 0 Å². The number of carbonyl (C=O) groups is 1. The maximum absolute atomic E-state index is 11.5. The van der Waals surface area contributed by atoms with Crippen molar-refractivity contribution >= 4 is 16.9 Å². The van der Waals surface area contributed by atoms with Crippen LogP contribution in [0.5, 0.6) is 0 Å². The Morgan fingerprint density at radius 1 is 1.24 bits per heavy atom. The van der Waals surface area contributed by atoms with Gasteiger partial charge >= 0.3 is 5.97 Å². The van der Waals surface area contributed by atoms with Gasteiger partial charge < -0.3 is 4.74 Å². The largest absolute Gasteiger partial charge is 0.462 e. The topological polar surface area (TPSA) is 52.1 Å². The Morgan fingerprint density at radius 3 is 2.76 bits per heavy atom. The Bertz CT molecular complexity index is 552. The second-order valence-corrected chi connectivity index (χ2v) is 3.67. The fourth-order valence-corrected chi connectivity index (χ4v) is 1.58. The van der Waals surface area contributed by atoms with E-state index in [0.717, 1.165) is 23.0 Å². The number of esters is 1.